The number of rotatable bonds is 3. The molecule has 1 fully saturated rings. The van der Waals surface area contributed by atoms with Crippen molar-refractivity contribution >= 4 is 17.5 Å². The Morgan fingerprint density at radius 1 is 1.50 bits per heavy atom. The summed E-state index contributed by atoms with van der Waals surface area (Å²) in [5, 5.41) is 16.1. The smallest absolute Gasteiger partial charge is 0.290 e. The lowest BCUT2D eigenvalue weighted by atomic mass is 10.1. The van der Waals surface area contributed by atoms with Gasteiger partial charge in [0.1, 0.15) is 5.69 Å². The number of carbonyl (C=O) groups is 1. The fraction of sp³-hybridized carbons (Fsp3) is 0.267. The molecule has 0 spiro atoms. The van der Waals surface area contributed by atoms with Crippen LogP contribution in [0.2, 0.25) is 5.02 Å². The highest BCUT2D eigenvalue weighted by molar-refractivity contribution is 6.30. The number of nitriles is 1. The van der Waals surface area contributed by atoms with Crippen molar-refractivity contribution in [2.24, 2.45) is 0 Å². The van der Waals surface area contributed by atoms with Gasteiger partial charge in [0.25, 0.3) is 5.91 Å². The fourth-order valence-electron chi connectivity index (χ4n) is 2.39. The molecule has 0 radical (unpaired) electrons. The lowest BCUT2D eigenvalue weighted by molar-refractivity contribution is 0.0901. The summed E-state index contributed by atoms with van der Waals surface area (Å²) < 4.78 is 5.10. The van der Waals surface area contributed by atoms with Crippen LogP contribution in [-0.2, 0) is 0 Å². The van der Waals surface area contributed by atoms with E-state index in [2.05, 4.69) is 16.7 Å². The average Bonchev–Trinajstić information content (AvgIpc) is 3.16. The molecule has 0 unspecified atom stereocenters. The zero-order valence-electron chi connectivity index (χ0n) is 11.6. The monoisotopic (exact) mass is 316 g/mol. The lowest BCUT2D eigenvalue weighted by Gasteiger charge is -2.10. The van der Waals surface area contributed by atoms with Crippen molar-refractivity contribution in [2.45, 2.75) is 12.5 Å². The van der Waals surface area contributed by atoms with Gasteiger partial charge in [-0.1, -0.05) is 28.9 Å². The number of likely N-dealkylation sites (tertiary alicyclic amines) is 1. The second-order valence-corrected chi connectivity index (χ2v) is 5.53. The average molecular weight is 317 g/mol. The first-order valence-corrected chi connectivity index (χ1v) is 7.21. The number of nitrogens with zero attached hydrogens (tertiary/aromatic N) is 3. The first kappa shape index (κ1) is 14.4. The second-order valence-electron chi connectivity index (χ2n) is 5.09. The van der Waals surface area contributed by atoms with E-state index in [9.17, 15) is 4.79 Å². The van der Waals surface area contributed by atoms with Gasteiger partial charge in [-0.3, -0.25) is 4.79 Å². The quantitative estimate of drug-likeness (QED) is 0.878. The maximum absolute atomic E-state index is 12.1. The third-order valence-electron chi connectivity index (χ3n) is 3.52. The molecule has 22 heavy (non-hydrogen) atoms. The summed E-state index contributed by atoms with van der Waals surface area (Å²) in [5.41, 5.74) is 1.34. The van der Waals surface area contributed by atoms with Crippen LogP contribution in [-0.4, -0.2) is 35.1 Å². The minimum atomic E-state index is -0.328. The van der Waals surface area contributed by atoms with Gasteiger partial charge in [-0.25, -0.2) is 0 Å². The Labute approximate surface area is 132 Å². The molecule has 7 heteroatoms. The summed E-state index contributed by atoms with van der Waals surface area (Å²) in [4.78, 5) is 13.7. The summed E-state index contributed by atoms with van der Waals surface area (Å²) in [7, 11) is 0. The van der Waals surface area contributed by atoms with Gasteiger partial charge in [-0.2, -0.15) is 5.26 Å². The van der Waals surface area contributed by atoms with Gasteiger partial charge in [0.05, 0.1) is 0 Å². The number of aromatic nitrogens is 1. The Morgan fingerprint density at radius 3 is 3.09 bits per heavy atom. The van der Waals surface area contributed by atoms with Crippen LogP contribution in [0.25, 0.3) is 11.3 Å². The Balaban J connectivity index is 1.69. The van der Waals surface area contributed by atoms with E-state index >= 15 is 0 Å². The molecule has 1 amide bonds. The number of nitrogens with one attached hydrogen (secondary N) is 1. The van der Waals surface area contributed by atoms with Crippen LogP contribution in [0.1, 0.15) is 17.0 Å². The predicted molar refractivity (Wildman–Crippen MR) is 80.0 cm³/mol. The first-order valence-electron chi connectivity index (χ1n) is 6.84. The zero-order chi connectivity index (χ0) is 15.5. The lowest BCUT2D eigenvalue weighted by Crippen LogP contribution is -2.36. The third kappa shape index (κ3) is 3.05. The van der Waals surface area contributed by atoms with E-state index in [0.717, 1.165) is 12.0 Å². The van der Waals surface area contributed by atoms with Crippen LogP contribution < -0.4 is 5.32 Å². The minimum absolute atomic E-state index is 0.0492. The first-order chi connectivity index (χ1) is 10.7. The normalized spacial score (nSPS) is 17.3. The molecule has 2 aromatic rings. The summed E-state index contributed by atoms with van der Waals surface area (Å²) >= 11 is 5.94. The molecule has 2 heterocycles. The second kappa shape index (κ2) is 6.08. The van der Waals surface area contributed by atoms with Gasteiger partial charge in [-0.05, 0) is 18.6 Å². The van der Waals surface area contributed by atoms with E-state index in [1.54, 1.807) is 29.2 Å². The summed E-state index contributed by atoms with van der Waals surface area (Å²) in [6, 6.07) is 8.70. The molecule has 1 aromatic heterocycles. The van der Waals surface area contributed by atoms with E-state index in [-0.39, 0.29) is 17.7 Å². The Hall–Kier alpha value is -2.52. The molecule has 0 bridgehead atoms. The third-order valence-corrected chi connectivity index (χ3v) is 3.75. The Bertz CT molecular complexity index is 737. The number of amides is 1. The van der Waals surface area contributed by atoms with Crippen molar-refractivity contribution in [2.75, 3.05) is 13.1 Å². The van der Waals surface area contributed by atoms with Crippen molar-refractivity contribution in [3.05, 3.63) is 41.1 Å². The number of hydrogen-bond donors (Lipinski definition) is 1. The summed E-state index contributed by atoms with van der Waals surface area (Å²) in [6.07, 6.45) is 2.82. The van der Waals surface area contributed by atoms with Crippen LogP contribution in [0, 0.1) is 11.5 Å². The molecule has 1 aromatic carbocycles. The van der Waals surface area contributed by atoms with Crippen molar-refractivity contribution in [1.29, 1.82) is 5.26 Å². The van der Waals surface area contributed by atoms with Crippen LogP contribution >= 0.6 is 11.6 Å². The van der Waals surface area contributed by atoms with Gasteiger partial charge in [0, 0.05) is 35.8 Å². The molecule has 1 aliphatic heterocycles. The topological polar surface area (TPSA) is 82.2 Å². The number of halogens is 1. The maximum atomic E-state index is 12.1. The van der Waals surface area contributed by atoms with Gasteiger partial charge in [0.2, 0.25) is 5.76 Å². The SMILES string of the molecule is N#CN1CC[C@@H](NC(=O)c2cc(-c3cccc(Cl)c3)no2)C1. The zero-order valence-corrected chi connectivity index (χ0v) is 12.4. The van der Waals surface area contributed by atoms with Crippen molar-refractivity contribution in [3.63, 3.8) is 0 Å². The number of hydrogen-bond acceptors (Lipinski definition) is 5. The molecule has 1 atom stereocenters. The molecule has 1 aliphatic rings. The Kier molecular flexibility index (Phi) is 3.98. The van der Waals surface area contributed by atoms with Gasteiger partial charge in [-0.15, -0.1) is 0 Å². The Morgan fingerprint density at radius 2 is 2.36 bits per heavy atom. The maximum Gasteiger partial charge on any atom is 0.290 e. The minimum Gasteiger partial charge on any atom is -0.350 e. The van der Waals surface area contributed by atoms with Crippen LogP contribution in [0.5, 0.6) is 0 Å². The fourth-order valence-corrected chi connectivity index (χ4v) is 2.58. The molecule has 0 aliphatic carbocycles. The molecule has 0 saturated carbocycles. The van der Waals surface area contributed by atoms with Gasteiger partial charge >= 0.3 is 0 Å². The van der Waals surface area contributed by atoms with Crippen LogP contribution in [0.3, 0.4) is 0 Å². The molecule has 3 rings (SSSR count). The molecule has 6 nitrogen and oxygen atoms in total. The highest BCUT2D eigenvalue weighted by Crippen LogP contribution is 2.22. The number of benzene rings is 1. The number of carbonyl (C=O) groups excluding carboxylic acids is 1. The van der Waals surface area contributed by atoms with Gasteiger partial charge in [0.15, 0.2) is 6.19 Å². The predicted octanol–water partition coefficient (Wildman–Crippen LogP) is 2.28. The molecular weight excluding hydrogens is 304 g/mol. The van der Waals surface area contributed by atoms with E-state index in [4.69, 9.17) is 21.4 Å². The molecule has 1 saturated heterocycles. The van der Waals surface area contributed by atoms with Crippen molar-refractivity contribution in [3.8, 4) is 17.5 Å². The molecule has 1 N–H and O–H groups in total. The standard InChI is InChI=1S/C15H13ClN4O2/c16-11-3-1-2-10(6-11)13-7-14(22-19-13)15(21)18-12-4-5-20(8-12)9-17/h1-3,6-7,12H,4-5,8H2,(H,18,21)/t12-/m1/s1. The van der Waals surface area contributed by atoms with Gasteiger partial charge < -0.3 is 14.7 Å². The van der Waals surface area contributed by atoms with Crippen LogP contribution in [0.15, 0.2) is 34.9 Å². The molecular formula is C15H13ClN4O2. The highest BCUT2D eigenvalue weighted by atomic mass is 35.5. The summed E-state index contributed by atoms with van der Waals surface area (Å²) in [6.45, 7) is 1.18. The summed E-state index contributed by atoms with van der Waals surface area (Å²) in [5.74, 6) is -0.184. The van der Waals surface area contributed by atoms with E-state index in [0.29, 0.717) is 23.8 Å². The largest absolute Gasteiger partial charge is 0.350 e. The van der Waals surface area contributed by atoms with E-state index < -0.39 is 0 Å². The van der Waals surface area contributed by atoms with Crippen molar-refractivity contribution < 1.29 is 9.32 Å². The van der Waals surface area contributed by atoms with E-state index in [1.807, 2.05) is 6.07 Å². The van der Waals surface area contributed by atoms with Crippen molar-refractivity contribution in [1.82, 2.24) is 15.4 Å². The highest BCUT2D eigenvalue weighted by Gasteiger charge is 2.25. The van der Waals surface area contributed by atoms with Crippen LogP contribution in [0.4, 0.5) is 0 Å². The van der Waals surface area contributed by atoms with E-state index in [1.165, 1.54) is 0 Å². The molecule has 112 valence electrons.